The zero-order valence-corrected chi connectivity index (χ0v) is 14.9. The van der Waals surface area contributed by atoms with Crippen LogP contribution in [0, 0.1) is 23.7 Å². The molecule has 0 aromatic heterocycles. The largest absolute Gasteiger partial charge is 0.344 e. The van der Waals surface area contributed by atoms with Gasteiger partial charge in [0.15, 0.2) is 24.0 Å². The second-order valence-electron chi connectivity index (χ2n) is 8.29. The SMILES string of the molecule is CC(=O)CO[C@H]1O[C@@H]2O[C@@]3(C)CCC4[C@H](C)CCC([C@H]1C)[C@]42OO3. The molecule has 4 heterocycles. The molecular weight excluding hydrogens is 312 g/mol. The van der Waals surface area contributed by atoms with Crippen LogP contribution in [0.2, 0.25) is 0 Å². The van der Waals surface area contributed by atoms with Crippen molar-refractivity contribution in [3.63, 3.8) is 0 Å². The molecule has 2 bridgehead atoms. The summed E-state index contributed by atoms with van der Waals surface area (Å²) >= 11 is 0. The zero-order chi connectivity index (χ0) is 17.1. The summed E-state index contributed by atoms with van der Waals surface area (Å²) in [5, 5.41) is 0. The summed E-state index contributed by atoms with van der Waals surface area (Å²) in [7, 11) is 0. The maximum absolute atomic E-state index is 11.3. The Kier molecular flexibility index (Phi) is 4.05. The first-order chi connectivity index (χ1) is 11.4. The smallest absolute Gasteiger partial charge is 0.201 e. The first-order valence-electron chi connectivity index (χ1n) is 9.17. The Hall–Kier alpha value is -0.530. The molecular formula is C18H28O6. The number of Topliss-reactive ketones (excluding diaryl/α,β-unsaturated/α-hetero) is 1. The van der Waals surface area contributed by atoms with Gasteiger partial charge in [0.2, 0.25) is 5.79 Å². The number of hydrogen-bond donors (Lipinski definition) is 0. The molecule has 5 aliphatic rings. The fraction of sp³-hybridized carbons (Fsp3) is 0.944. The van der Waals surface area contributed by atoms with Gasteiger partial charge < -0.3 is 14.2 Å². The Labute approximate surface area is 143 Å². The maximum atomic E-state index is 11.3. The molecule has 1 aliphatic carbocycles. The molecule has 136 valence electrons. The van der Waals surface area contributed by atoms with E-state index in [0.29, 0.717) is 11.8 Å². The number of hydrogen-bond acceptors (Lipinski definition) is 6. The van der Waals surface area contributed by atoms with Gasteiger partial charge in [-0.25, -0.2) is 9.78 Å². The van der Waals surface area contributed by atoms with Crippen molar-refractivity contribution in [3.05, 3.63) is 0 Å². The van der Waals surface area contributed by atoms with E-state index in [9.17, 15) is 4.79 Å². The molecule has 1 spiro atoms. The van der Waals surface area contributed by atoms with Gasteiger partial charge in [-0.1, -0.05) is 13.8 Å². The van der Waals surface area contributed by atoms with Crippen LogP contribution in [0.1, 0.15) is 53.4 Å². The van der Waals surface area contributed by atoms with Crippen molar-refractivity contribution in [2.75, 3.05) is 6.61 Å². The van der Waals surface area contributed by atoms with E-state index in [2.05, 4.69) is 13.8 Å². The Morgan fingerprint density at radius 1 is 1.17 bits per heavy atom. The summed E-state index contributed by atoms with van der Waals surface area (Å²) in [6, 6.07) is 0. The molecule has 6 nitrogen and oxygen atoms in total. The molecule has 4 saturated heterocycles. The van der Waals surface area contributed by atoms with Gasteiger partial charge in [0.05, 0.1) is 0 Å². The van der Waals surface area contributed by atoms with Crippen molar-refractivity contribution >= 4 is 5.78 Å². The molecule has 5 fully saturated rings. The van der Waals surface area contributed by atoms with E-state index >= 15 is 0 Å². The van der Waals surface area contributed by atoms with Gasteiger partial charge in [0.25, 0.3) is 0 Å². The van der Waals surface area contributed by atoms with E-state index in [1.165, 1.54) is 6.92 Å². The molecule has 24 heavy (non-hydrogen) atoms. The lowest BCUT2D eigenvalue weighted by molar-refractivity contribution is -0.577. The van der Waals surface area contributed by atoms with E-state index in [1.54, 1.807) is 0 Å². The van der Waals surface area contributed by atoms with Crippen molar-refractivity contribution in [1.82, 2.24) is 0 Å². The van der Waals surface area contributed by atoms with Crippen molar-refractivity contribution in [3.8, 4) is 0 Å². The highest BCUT2D eigenvalue weighted by molar-refractivity contribution is 5.76. The van der Waals surface area contributed by atoms with E-state index in [0.717, 1.165) is 25.7 Å². The Morgan fingerprint density at radius 3 is 2.71 bits per heavy atom. The van der Waals surface area contributed by atoms with Crippen LogP contribution in [0.4, 0.5) is 0 Å². The fourth-order valence-corrected chi connectivity index (χ4v) is 5.26. The van der Waals surface area contributed by atoms with Crippen LogP contribution in [-0.4, -0.2) is 36.4 Å². The Balaban J connectivity index is 1.68. The summed E-state index contributed by atoms with van der Waals surface area (Å²) in [6.07, 6.45) is 3.04. The third kappa shape index (κ3) is 2.38. The lowest BCUT2D eigenvalue weighted by atomic mass is 9.58. The van der Waals surface area contributed by atoms with Gasteiger partial charge >= 0.3 is 0 Å². The molecule has 2 unspecified atom stereocenters. The molecule has 0 radical (unpaired) electrons. The van der Waals surface area contributed by atoms with Gasteiger partial charge in [0, 0.05) is 18.3 Å². The summed E-state index contributed by atoms with van der Waals surface area (Å²) < 4.78 is 18.2. The van der Waals surface area contributed by atoms with Crippen LogP contribution in [-0.2, 0) is 28.8 Å². The lowest BCUT2D eigenvalue weighted by Gasteiger charge is -2.60. The Bertz CT molecular complexity index is 524. The molecule has 6 heteroatoms. The quantitative estimate of drug-likeness (QED) is 0.736. The first-order valence-corrected chi connectivity index (χ1v) is 9.17. The van der Waals surface area contributed by atoms with E-state index < -0.39 is 24.0 Å². The van der Waals surface area contributed by atoms with Gasteiger partial charge in [0.1, 0.15) is 6.61 Å². The van der Waals surface area contributed by atoms with Gasteiger partial charge in [-0.15, -0.1) is 0 Å². The van der Waals surface area contributed by atoms with Gasteiger partial charge in [-0.3, -0.25) is 4.79 Å². The van der Waals surface area contributed by atoms with Crippen LogP contribution in [0.3, 0.4) is 0 Å². The van der Waals surface area contributed by atoms with Gasteiger partial charge in [-0.2, -0.15) is 0 Å². The number of fused-ring (bicyclic) bond motifs is 2. The van der Waals surface area contributed by atoms with Crippen molar-refractivity contribution < 1.29 is 28.8 Å². The minimum atomic E-state index is -0.775. The van der Waals surface area contributed by atoms with Crippen LogP contribution in [0.25, 0.3) is 0 Å². The zero-order valence-electron chi connectivity index (χ0n) is 14.9. The molecule has 0 aromatic carbocycles. The second kappa shape index (κ2) is 5.74. The summed E-state index contributed by atoms with van der Waals surface area (Å²) in [5.74, 6) is 0.463. The first kappa shape index (κ1) is 16.9. The van der Waals surface area contributed by atoms with Crippen molar-refractivity contribution in [2.24, 2.45) is 23.7 Å². The number of ether oxygens (including phenoxy) is 3. The number of carbonyl (C=O) groups is 1. The molecule has 4 aliphatic heterocycles. The predicted octanol–water partition coefficient (Wildman–Crippen LogP) is 2.80. The summed E-state index contributed by atoms with van der Waals surface area (Å²) in [6.45, 7) is 7.91. The van der Waals surface area contributed by atoms with Crippen LogP contribution < -0.4 is 0 Å². The highest BCUT2D eigenvalue weighted by Gasteiger charge is 2.69. The van der Waals surface area contributed by atoms with Crippen LogP contribution in [0.5, 0.6) is 0 Å². The number of rotatable bonds is 3. The highest BCUT2D eigenvalue weighted by Crippen LogP contribution is 2.60. The summed E-state index contributed by atoms with van der Waals surface area (Å²) in [5.41, 5.74) is -0.566. The minimum absolute atomic E-state index is 0.00363. The molecule has 0 amide bonds. The van der Waals surface area contributed by atoms with Gasteiger partial charge in [-0.05, 0) is 44.9 Å². The third-order valence-electron chi connectivity index (χ3n) is 6.55. The van der Waals surface area contributed by atoms with Crippen molar-refractivity contribution in [2.45, 2.75) is 77.3 Å². The average Bonchev–Trinajstić information content (AvgIpc) is 2.76. The van der Waals surface area contributed by atoms with E-state index in [1.807, 2.05) is 6.92 Å². The molecule has 5 rings (SSSR count). The minimum Gasteiger partial charge on any atom is -0.344 e. The standard InChI is InChI=1S/C18H28O6/c1-10-5-6-14-12(3)15(20-9-11(2)19)21-16-18(14)13(10)7-8-17(4,22-16)23-24-18/h10,12-16H,5-9H2,1-4H3/t10-,12-,13?,14?,15+,16-,17-,18-/m1/s1. The van der Waals surface area contributed by atoms with E-state index in [-0.39, 0.29) is 24.2 Å². The number of carbonyl (C=O) groups excluding carboxylic acids is 1. The molecule has 0 N–H and O–H groups in total. The van der Waals surface area contributed by atoms with Crippen LogP contribution >= 0.6 is 0 Å². The number of ketones is 1. The monoisotopic (exact) mass is 340 g/mol. The van der Waals surface area contributed by atoms with Crippen molar-refractivity contribution in [1.29, 1.82) is 0 Å². The normalized spacial score (nSPS) is 53.3. The second-order valence-corrected chi connectivity index (χ2v) is 8.29. The summed E-state index contributed by atoms with van der Waals surface area (Å²) in [4.78, 5) is 23.1. The topological polar surface area (TPSA) is 63.2 Å². The molecule has 8 atom stereocenters. The average molecular weight is 340 g/mol. The van der Waals surface area contributed by atoms with E-state index in [4.69, 9.17) is 24.0 Å². The lowest BCUT2D eigenvalue weighted by Crippen LogP contribution is -2.70. The van der Waals surface area contributed by atoms with Crippen LogP contribution in [0.15, 0.2) is 0 Å². The Morgan fingerprint density at radius 2 is 1.96 bits per heavy atom. The molecule has 0 aromatic rings. The maximum Gasteiger partial charge on any atom is 0.201 e. The predicted molar refractivity (Wildman–Crippen MR) is 83.5 cm³/mol. The highest BCUT2D eigenvalue weighted by atomic mass is 17.3. The fourth-order valence-electron chi connectivity index (χ4n) is 5.26. The molecule has 1 saturated carbocycles. The third-order valence-corrected chi connectivity index (χ3v) is 6.55.